The van der Waals surface area contributed by atoms with Crippen LogP contribution in [0.4, 0.5) is 11.5 Å². The second-order valence-electron chi connectivity index (χ2n) is 5.94. The highest BCUT2D eigenvalue weighted by Gasteiger charge is 2.41. The Kier molecular flexibility index (Phi) is 2.62. The third kappa shape index (κ3) is 1.94. The van der Waals surface area contributed by atoms with Gasteiger partial charge in [-0.25, -0.2) is 4.98 Å². The van der Waals surface area contributed by atoms with Crippen LogP contribution in [0.25, 0.3) is 10.9 Å². The fourth-order valence-electron chi connectivity index (χ4n) is 3.52. The Labute approximate surface area is 122 Å². The zero-order valence-corrected chi connectivity index (χ0v) is 11.8. The van der Waals surface area contributed by atoms with E-state index in [4.69, 9.17) is 0 Å². The normalized spacial score (nSPS) is 24.9. The number of fused-ring (bicyclic) bond motifs is 3. The van der Waals surface area contributed by atoms with E-state index in [1.807, 2.05) is 12.1 Å². The highest BCUT2D eigenvalue weighted by atomic mass is 16.6. The number of benzene rings is 1. The molecule has 2 aromatic rings. The molecule has 2 aliphatic rings. The smallest absolute Gasteiger partial charge is 0.270 e. The third-order valence-electron chi connectivity index (χ3n) is 4.68. The molecule has 0 spiro atoms. The van der Waals surface area contributed by atoms with Crippen molar-refractivity contribution in [2.24, 2.45) is 0 Å². The second-order valence-corrected chi connectivity index (χ2v) is 5.94. The molecule has 1 aromatic carbocycles. The SMILES string of the molecule is CN1CC2CC1CN2c1ccc2cc([N+](=O)[O-])ccc2n1. The largest absolute Gasteiger partial charge is 0.351 e. The minimum absolute atomic E-state index is 0.110. The summed E-state index contributed by atoms with van der Waals surface area (Å²) in [5, 5.41) is 11.6. The van der Waals surface area contributed by atoms with Crippen LogP contribution in [0, 0.1) is 10.1 Å². The molecule has 0 aliphatic carbocycles. The molecule has 2 bridgehead atoms. The lowest BCUT2D eigenvalue weighted by molar-refractivity contribution is -0.384. The lowest BCUT2D eigenvalue weighted by Crippen LogP contribution is -2.44. The number of non-ortho nitro benzene ring substituents is 1. The number of pyridine rings is 1. The van der Waals surface area contributed by atoms with Crippen LogP contribution in [-0.4, -0.2) is 47.0 Å². The number of likely N-dealkylation sites (tertiary alicyclic amines) is 1. The van der Waals surface area contributed by atoms with E-state index in [1.54, 1.807) is 12.1 Å². The Hall–Kier alpha value is -2.21. The van der Waals surface area contributed by atoms with Crippen molar-refractivity contribution in [2.75, 3.05) is 25.0 Å². The maximum Gasteiger partial charge on any atom is 0.270 e. The van der Waals surface area contributed by atoms with Gasteiger partial charge in [-0.3, -0.25) is 15.0 Å². The second kappa shape index (κ2) is 4.39. The van der Waals surface area contributed by atoms with Crippen LogP contribution in [0.2, 0.25) is 0 Å². The average Bonchev–Trinajstić information content (AvgIpc) is 3.05. The van der Waals surface area contributed by atoms with Crippen molar-refractivity contribution in [3.05, 3.63) is 40.4 Å². The Morgan fingerprint density at radius 1 is 1.24 bits per heavy atom. The van der Waals surface area contributed by atoms with Crippen molar-refractivity contribution in [3.63, 3.8) is 0 Å². The third-order valence-corrected chi connectivity index (χ3v) is 4.68. The number of rotatable bonds is 2. The van der Waals surface area contributed by atoms with Gasteiger partial charge in [0.1, 0.15) is 5.82 Å². The van der Waals surface area contributed by atoms with E-state index < -0.39 is 0 Å². The van der Waals surface area contributed by atoms with E-state index in [1.165, 1.54) is 12.5 Å². The summed E-state index contributed by atoms with van der Waals surface area (Å²) < 4.78 is 0. The molecule has 2 aliphatic heterocycles. The molecule has 0 radical (unpaired) electrons. The molecule has 108 valence electrons. The predicted octanol–water partition coefficient (Wildman–Crippen LogP) is 2.04. The number of likely N-dealkylation sites (N-methyl/N-ethyl adjacent to an activating group) is 1. The van der Waals surface area contributed by atoms with Crippen LogP contribution in [-0.2, 0) is 0 Å². The van der Waals surface area contributed by atoms with E-state index in [9.17, 15) is 10.1 Å². The van der Waals surface area contributed by atoms with Gasteiger partial charge in [0.15, 0.2) is 0 Å². The summed E-state index contributed by atoms with van der Waals surface area (Å²) >= 11 is 0. The van der Waals surface area contributed by atoms with E-state index in [2.05, 4.69) is 21.8 Å². The number of nitro benzene ring substituents is 1. The number of aromatic nitrogens is 1. The molecule has 2 unspecified atom stereocenters. The summed E-state index contributed by atoms with van der Waals surface area (Å²) in [6, 6.07) is 9.91. The van der Waals surface area contributed by atoms with Crippen molar-refractivity contribution in [1.82, 2.24) is 9.88 Å². The molecule has 3 heterocycles. The van der Waals surface area contributed by atoms with E-state index >= 15 is 0 Å². The maximum atomic E-state index is 10.8. The zero-order chi connectivity index (χ0) is 14.6. The van der Waals surface area contributed by atoms with Gasteiger partial charge in [-0.05, 0) is 31.7 Å². The molecule has 4 rings (SSSR count). The number of hydrogen-bond donors (Lipinski definition) is 0. The van der Waals surface area contributed by atoms with Gasteiger partial charge in [0, 0.05) is 42.7 Å². The van der Waals surface area contributed by atoms with Crippen molar-refractivity contribution < 1.29 is 4.92 Å². The van der Waals surface area contributed by atoms with E-state index in [0.717, 1.165) is 29.8 Å². The number of anilines is 1. The summed E-state index contributed by atoms with van der Waals surface area (Å²) in [4.78, 5) is 19.9. The maximum absolute atomic E-state index is 10.8. The first kappa shape index (κ1) is 12.5. The first-order chi connectivity index (χ1) is 10.1. The fraction of sp³-hybridized carbons (Fsp3) is 0.400. The van der Waals surface area contributed by atoms with Gasteiger partial charge in [0.25, 0.3) is 5.69 Å². The van der Waals surface area contributed by atoms with Crippen molar-refractivity contribution in [1.29, 1.82) is 0 Å². The van der Waals surface area contributed by atoms with Crippen molar-refractivity contribution in [2.45, 2.75) is 18.5 Å². The molecule has 21 heavy (non-hydrogen) atoms. The molecule has 1 aromatic heterocycles. The fourth-order valence-corrected chi connectivity index (χ4v) is 3.52. The van der Waals surface area contributed by atoms with Gasteiger partial charge in [0.05, 0.1) is 10.4 Å². The van der Waals surface area contributed by atoms with Crippen LogP contribution in [0.5, 0.6) is 0 Å². The predicted molar refractivity (Wildman–Crippen MR) is 80.6 cm³/mol. The van der Waals surface area contributed by atoms with Gasteiger partial charge in [-0.1, -0.05) is 0 Å². The molecule has 6 nitrogen and oxygen atoms in total. The van der Waals surface area contributed by atoms with Crippen LogP contribution in [0.15, 0.2) is 30.3 Å². The first-order valence-electron chi connectivity index (χ1n) is 7.14. The quantitative estimate of drug-likeness (QED) is 0.624. The molecule has 2 atom stereocenters. The lowest BCUT2D eigenvalue weighted by atomic mass is 10.2. The topological polar surface area (TPSA) is 62.5 Å². The molecular formula is C15H16N4O2. The first-order valence-corrected chi connectivity index (χ1v) is 7.14. The number of piperazine rings is 1. The molecular weight excluding hydrogens is 268 g/mol. The molecule has 0 saturated carbocycles. The Morgan fingerprint density at radius 2 is 2.10 bits per heavy atom. The number of hydrogen-bond acceptors (Lipinski definition) is 5. The van der Waals surface area contributed by atoms with Gasteiger partial charge in [-0.15, -0.1) is 0 Å². The highest BCUT2D eigenvalue weighted by molar-refractivity contribution is 5.82. The number of nitrogens with zero attached hydrogens (tertiary/aromatic N) is 4. The average molecular weight is 284 g/mol. The van der Waals surface area contributed by atoms with Gasteiger partial charge >= 0.3 is 0 Å². The highest BCUT2D eigenvalue weighted by Crippen LogP contribution is 2.33. The van der Waals surface area contributed by atoms with E-state index in [0.29, 0.717) is 12.1 Å². The zero-order valence-electron chi connectivity index (χ0n) is 11.8. The van der Waals surface area contributed by atoms with Gasteiger partial charge in [0.2, 0.25) is 0 Å². The Morgan fingerprint density at radius 3 is 2.76 bits per heavy atom. The van der Waals surface area contributed by atoms with E-state index in [-0.39, 0.29) is 10.6 Å². The van der Waals surface area contributed by atoms with Crippen LogP contribution in [0.3, 0.4) is 0 Å². The van der Waals surface area contributed by atoms with Gasteiger partial charge in [-0.2, -0.15) is 0 Å². The van der Waals surface area contributed by atoms with Crippen molar-refractivity contribution in [3.8, 4) is 0 Å². The van der Waals surface area contributed by atoms with Gasteiger partial charge < -0.3 is 4.90 Å². The Bertz CT molecular complexity index is 731. The lowest BCUT2D eigenvalue weighted by Gasteiger charge is -2.32. The van der Waals surface area contributed by atoms with Crippen LogP contribution >= 0.6 is 0 Å². The summed E-state index contributed by atoms with van der Waals surface area (Å²) in [6.45, 7) is 2.11. The molecule has 0 N–H and O–H groups in total. The molecule has 2 saturated heterocycles. The van der Waals surface area contributed by atoms with Crippen LogP contribution < -0.4 is 4.90 Å². The van der Waals surface area contributed by atoms with Crippen molar-refractivity contribution >= 4 is 22.4 Å². The molecule has 6 heteroatoms. The number of nitro groups is 1. The minimum atomic E-state index is -0.372. The summed E-state index contributed by atoms with van der Waals surface area (Å²) in [6.07, 6.45) is 1.20. The monoisotopic (exact) mass is 284 g/mol. The summed E-state index contributed by atoms with van der Waals surface area (Å²) in [5.41, 5.74) is 0.924. The summed E-state index contributed by atoms with van der Waals surface area (Å²) in [7, 11) is 2.18. The Balaban J connectivity index is 1.69. The minimum Gasteiger partial charge on any atom is -0.351 e. The van der Waals surface area contributed by atoms with Crippen LogP contribution in [0.1, 0.15) is 6.42 Å². The summed E-state index contributed by atoms with van der Waals surface area (Å²) in [5.74, 6) is 0.983. The molecule has 2 fully saturated rings. The molecule has 0 amide bonds. The standard InChI is InChI=1S/C15H16N4O2/c1-17-8-13-7-12(17)9-18(13)15-5-2-10-6-11(19(20)21)3-4-14(10)16-15/h2-6,12-13H,7-9H2,1H3.